The minimum atomic E-state index is -0.283. The Kier molecular flexibility index (Phi) is 4.21. The summed E-state index contributed by atoms with van der Waals surface area (Å²) in [7, 11) is 0. The molecule has 3 aromatic rings. The van der Waals surface area contributed by atoms with E-state index in [0.717, 1.165) is 41.7 Å². The normalized spacial score (nSPS) is 17.4. The molecule has 1 saturated heterocycles. The predicted molar refractivity (Wildman–Crippen MR) is 93.8 cm³/mol. The van der Waals surface area contributed by atoms with Crippen LogP contribution in [0.2, 0.25) is 0 Å². The number of likely N-dealkylation sites (tertiary alicyclic amines) is 1. The molecular weight excluding hydrogens is 317 g/mol. The van der Waals surface area contributed by atoms with Crippen LogP contribution in [-0.2, 0) is 6.42 Å². The van der Waals surface area contributed by atoms with Crippen molar-refractivity contribution in [2.45, 2.75) is 18.9 Å². The molecule has 126 valence electrons. The summed E-state index contributed by atoms with van der Waals surface area (Å²) in [5, 5.41) is 9.27. The summed E-state index contributed by atoms with van der Waals surface area (Å²) in [5.41, 5.74) is 4.00. The van der Waals surface area contributed by atoms with E-state index in [4.69, 9.17) is 4.42 Å². The lowest BCUT2D eigenvalue weighted by Gasteiger charge is -2.38. The predicted octanol–water partition coefficient (Wildman–Crippen LogP) is 3.95. The average molecular weight is 335 g/mol. The summed E-state index contributed by atoms with van der Waals surface area (Å²) in [6.07, 6.45) is 1.61. The van der Waals surface area contributed by atoms with Gasteiger partial charge in [0, 0.05) is 25.6 Å². The zero-order chi connectivity index (χ0) is 17.2. The number of benzene rings is 2. The third-order valence-electron chi connectivity index (χ3n) is 4.85. The first-order chi connectivity index (χ1) is 12.3. The summed E-state index contributed by atoms with van der Waals surface area (Å²) in [4.78, 5) is 6.69. The van der Waals surface area contributed by atoms with E-state index in [1.165, 1.54) is 0 Å². The summed E-state index contributed by atoms with van der Waals surface area (Å²) in [6.45, 7) is 1.44. The van der Waals surface area contributed by atoms with Gasteiger partial charge in [0.15, 0.2) is 11.5 Å². The smallest absolute Gasteiger partial charge is 0.196 e. The lowest BCUT2D eigenvalue weighted by Crippen LogP contribution is -2.49. The standard InChI is InChI=1S/C20H18FN3O/c21-12-16-7-9-24(16)10-8-20-23-18-11-14(5-6-19(18)25-20)17-4-2-1-3-15(17)13-22/h1-6,11,16H,7-10,12H2/t16-/m0/s1. The van der Waals surface area contributed by atoms with Gasteiger partial charge in [-0.2, -0.15) is 5.26 Å². The first-order valence-electron chi connectivity index (χ1n) is 8.47. The first-order valence-corrected chi connectivity index (χ1v) is 8.47. The van der Waals surface area contributed by atoms with Crippen LogP contribution in [0.15, 0.2) is 46.9 Å². The molecule has 0 amide bonds. The molecule has 4 nitrogen and oxygen atoms in total. The van der Waals surface area contributed by atoms with E-state index in [1.807, 2.05) is 42.5 Å². The highest BCUT2D eigenvalue weighted by Crippen LogP contribution is 2.27. The second-order valence-corrected chi connectivity index (χ2v) is 6.33. The molecule has 2 aromatic carbocycles. The molecular formula is C20H18FN3O. The lowest BCUT2D eigenvalue weighted by atomic mass is 10.0. The van der Waals surface area contributed by atoms with Gasteiger partial charge in [0.25, 0.3) is 0 Å². The van der Waals surface area contributed by atoms with Gasteiger partial charge < -0.3 is 4.42 Å². The minimum absolute atomic E-state index is 0.0680. The van der Waals surface area contributed by atoms with Crippen molar-refractivity contribution in [2.75, 3.05) is 19.8 Å². The zero-order valence-corrected chi connectivity index (χ0v) is 13.8. The van der Waals surface area contributed by atoms with Crippen molar-refractivity contribution in [3.63, 3.8) is 0 Å². The Morgan fingerprint density at radius 3 is 2.92 bits per heavy atom. The van der Waals surface area contributed by atoms with E-state index in [-0.39, 0.29) is 12.7 Å². The third kappa shape index (κ3) is 3.01. The van der Waals surface area contributed by atoms with Crippen LogP contribution >= 0.6 is 0 Å². The molecule has 0 bridgehead atoms. The second kappa shape index (κ2) is 6.66. The molecule has 1 aliphatic heterocycles. The summed E-state index contributed by atoms with van der Waals surface area (Å²) in [5.74, 6) is 0.672. The minimum Gasteiger partial charge on any atom is -0.441 e. The number of fused-ring (bicyclic) bond motifs is 1. The van der Waals surface area contributed by atoms with Crippen LogP contribution in [0, 0.1) is 11.3 Å². The second-order valence-electron chi connectivity index (χ2n) is 6.33. The summed E-state index contributed by atoms with van der Waals surface area (Å²) >= 11 is 0. The van der Waals surface area contributed by atoms with Gasteiger partial charge in [0.2, 0.25) is 0 Å². The summed E-state index contributed by atoms with van der Waals surface area (Å²) < 4.78 is 18.6. The Morgan fingerprint density at radius 1 is 1.28 bits per heavy atom. The van der Waals surface area contributed by atoms with Crippen LogP contribution < -0.4 is 0 Å². The van der Waals surface area contributed by atoms with Crippen molar-refractivity contribution >= 4 is 11.1 Å². The first kappa shape index (κ1) is 15.8. The molecule has 1 fully saturated rings. The SMILES string of the molecule is N#Cc1ccccc1-c1ccc2oc(CCN3CC[C@H]3CF)nc2c1. The van der Waals surface area contributed by atoms with Crippen LogP contribution in [0.1, 0.15) is 17.9 Å². The van der Waals surface area contributed by atoms with Gasteiger partial charge in [0.05, 0.1) is 11.6 Å². The molecule has 0 unspecified atom stereocenters. The quantitative estimate of drug-likeness (QED) is 0.708. The largest absolute Gasteiger partial charge is 0.441 e. The topological polar surface area (TPSA) is 53.1 Å². The molecule has 25 heavy (non-hydrogen) atoms. The number of oxazole rings is 1. The molecule has 5 heteroatoms. The number of halogens is 1. The van der Waals surface area contributed by atoms with Crippen LogP contribution in [0.3, 0.4) is 0 Å². The Bertz CT molecular complexity index is 942. The molecule has 4 rings (SSSR count). The number of hydrogen-bond donors (Lipinski definition) is 0. The Labute approximate surface area is 145 Å². The van der Waals surface area contributed by atoms with E-state index in [0.29, 0.717) is 17.9 Å². The molecule has 0 saturated carbocycles. The number of alkyl halides is 1. The van der Waals surface area contributed by atoms with Crippen LogP contribution in [0.4, 0.5) is 4.39 Å². The van der Waals surface area contributed by atoms with Crippen molar-refractivity contribution in [2.24, 2.45) is 0 Å². The highest BCUT2D eigenvalue weighted by Gasteiger charge is 2.27. The van der Waals surface area contributed by atoms with Gasteiger partial charge in [-0.25, -0.2) is 9.37 Å². The number of rotatable bonds is 5. The highest BCUT2D eigenvalue weighted by atomic mass is 19.1. The van der Waals surface area contributed by atoms with Gasteiger partial charge in [-0.05, 0) is 35.7 Å². The molecule has 1 atom stereocenters. The number of hydrogen-bond acceptors (Lipinski definition) is 4. The molecule has 2 heterocycles. The number of nitrogens with zero attached hydrogens (tertiary/aromatic N) is 3. The number of nitriles is 1. The molecule has 0 radical (unpaired) electrons. The van der Waals surface area contributed by atoms with Crippen LogP contribution in [0.25, 0.3) is 22.2 Å². The maximum absolute atomic E-state index is 12.7. The zero-order valence-electron chi connectivity index (χ0n) is 13.8. The Balaban J connectivity index is 1.56. The fourth-order valence-corrected chi connectivity index (χ4v) is 3.28. The Hall–Kier alpha value is -2.71. The monoisotopic (exact) mass is 335 g/mol. The van der Waals surface area contributed by atoms with E-state index >= 15 is 0 Å². The maximum Gasteiger partial charge on any atom is 0.196 e. The highest BCUT2D eigenvalue weighted by molar-refractivity contribution is 5.82. The fraction of sp³-hybridized carbons (Fsp3) is 0.300. The maximum atomic E-state index is 12.7. The Morgan fingerprint density at radius 2 is 2.16 bits per heavy atom. The van der Waals surface area contributed by atoms with Gasteiger partial charge in [-0.3, -0.25) is 4.90 Å². The van der Waals surface area contributed by atoms with Crippen molar-refractivity contribution in [1.29, 1.82) is 5.26 Å². The lowest BCUT2D eigenvalue weighted by molar-refractivity contribution is 0.0696. The van der Waals surface area contributed by atoms with E-state index in [1.54, 1.807) is 0 Å². The molecule has 0 spiro atoms. The van der Waals surface area contributed by atoms with Crippen molar-refractivity contribution < 1.29 is 8.81 Å². The van der Waals surface area contributed by atoms with Gasteiger partial charge in [-0.1, -0.05) is 24.3 Å². The van der Waals surface area contributed by atoms with Crippen LogP contribution in [0.5, 0.6) is 0 Å². The molecule has 1 aliphatic rings. The van der Waals surface area contributed by atoms with E-state index < -0.39 is 0 Å². The van der Waals surface area contributed by atoms with Crippen LogP contribution in [-0.4, -0.2) is 35.7 Å². The molecule has 0 aliphatic carbocycles. The number of aromatic nitrogens is 1. The fourth-order valence-electron chi connectivity index (χ4n) is 3.28. The molecule has 0 N–H and O–H groups in total. The van der Waals surface area contributed by atoms with Crippen molar-refractivity contribution in [3.8, 4) is 17.2 Å². The third-order valence-corrected chi connectivity index (χ3v) is 4.85. The van der Waals surface area contributed by atoms with E-state index in [2.05, 4.69) is 16.0 Å². The average Bonchev–Trinajstić information content (AvgIpc) is 3.03. The van der Waals surface area contributed by atoms with Crippen molar-refractivity contribution in [1.82, 2.24) is 9.88 Å². The van der Waals surface area contributed by atoms with Crippen molar-refractivity contribution in [3.05, 3.63) is 53.9 Å². The van der Waals surface area contributed by atoms with E-state index in [9.17, 15) is 9.65 Å². The molecule has 1 aromatic heterocycles. The van der Waals surface area contributed by atoms with Gasteiger partial charge in [0.1, 0.15) is 12.2 Å². The summed E-state index contributed by atoms with van der Waals surface area (Å²) in [6, 6.07) is 15.6. The van der Waals surface area contributed by atoms with Gasteiger partial charge in [-0.15, -0.1) is 0 Å². The van der Waals surface area contributed by atoms with Gasteiger partial charge >= 0.3 is 0 Å².